The Labute approximate surface area is 101 Å². The van der Waals surface area contributed by atoms with Crippen LogP contribution in [0.25, 0.3) is 11.3 Å². The van der Waals surface area contributed by atoms with Gasteiger partial charge in [0.2, 0.25) is 0 Å². The predicted octanol–water partition coefficient (Wildman–Crippen LogP) is 1.53. The quantitative estimate of drug-likeness (QED) is 0.654. The Balaban J connectivity index is 2.36. The van der Waals surface area contributed by atoms with Gasteiger partial charge in [0.1, 0.15) is 17.7 Å². The van der Waals surface area contributed by atoms with E-state index in [0.717, 1.165) is 0 Å². The molecule has 84 valence electrons. The lowest BCUT2D eigenvalue weighted by Crippen LogP contribution is -2.21. The summed E-state index contributed by atoms with van der Waals surface area (Å²) in [5.74, 6) is 0.518. The van der Waals surface area contributed by atoms with Gasteiger partial charge in [0, 0.05) is 12.4 Å². The fourth-order valence-corrected chi connectivity index (χ4v) is 1.85. The molecule has 0 bridgehead atoms. The first-order chi connectivity index (χ1) is 8.27. The average Bonchev–Trinajstić information content (AvgIpc) is 2.73. The first-order valence-electron chi connectivity index (χ1n) is 4.93. The van der Waals surface area contributed by atoms with E-state index in [9.17, 15) is 4.79 Å². The number of rotatable bonds is 1. The molecule has 0 amide bonds. The molecule has 0 aromatic carbocycles. The number of pyridine rings is 1. The van der Waals surface area contributed by atoms with Crippen molar-refractivity contribution in [3.05, 3.63) is 58.4 Å². The zero-order chi connectivity index (χ0) is 11.8. The normalized spacial score (nSPS) is 10.9. The minimum atomic E-state index is -0.242. The summed E-state index contributed by atoms with van der Waals surface area (Å²) in [4.78, 5) is 16.3. The van der Waals surface area contributed by atoms with Crippen LogP contribution in [0.1, 0.15) is 0 Å². The van der Waals surface area contributed by atoms with Gasteiger partial charge in [-0.15, -0.1) is 0 Å². The van der Waals surface area contributed by atoms with Gasteiger partial charge in [-0.3, -0.25) is 4.79 Å². The van der Waals surface area contributed by atoms with Gasteiger partial charge in [-0.1, -0.05) is 17.7 Å². The molecular formula is C11H7ClN4O. The Morgan fingerprint density at radius 1 is 1.24 bits per heavy atom. The summed E-state index contributed by atoms with van der Waals surface area (Å²) in [6, 6.07) is 6.95. The molecule has 5 nitrogen and oxygen atoms in total. The number of halogens is 1. The highest BCUT2D eigenvalue weighted by Gasteiger charge is 2.09. The van der Waals surface area contributed by atoms with Gasteiger partial charge in [0.25, 0.3) is 5.56 Å². The summed E-state index contributed by atoms with van der Waals surface area (Å²) in [6.07, 6.45) is 4.68. The van der Waals surface area contributed by atoms with Gasteiger partial charge >= 0.3 is 0 Å². The molecule has 3 aromatic rings. The second-order valence-electron chi connectivity index (χ2n) is 3.45. The Hall–Kier alpha value is -2.14. The zero-order valence-corrected chi connectivity index (χ0v) is 9.37. The van der Waals surface area contributed by atoms with E-state index in [-0.39, 0.29) is 5.56 Å². The van der Waals surface area contributed by atoms with Crippen LogP contribution in [0.15, 0.2) is 47.8 Å². The largest absolute Gasteiger partial charge is 0.285 e. The van der Waals surface area contributed by atoms with Crippen LogP contribution in [0.3, 0.4) is 0 Å². The molecule has 0 radical (unpaired) electrons. The van der Waals surface area contributed by atoms with Crippen molar-refractivity contribution >= 4 is 17.1 Å². The zero-order valence-electron chi connectivity index (χ0n) is 8.62. The number of hydrogen-bond donors (Lipinski definition) is 0. The first kappa shape index (κ1) is 10.0. The van der Waals surface area contributed by atoms with E-state index >= 15 is 0 Å². The fraction of sp³-hybridized carbons (Fsp3) is 0. The lowest BCUT2D eigenvalue weighted by molar-refractivity contribution is 0.812. The number of fused-ring (bicyclic) bond motifs is 1. The van der Waals surface area contributed by atoms with Crippen molar-refractivity contribution in [2.75, 3.05) is 0 Å². The highest BCUT2D eigenvalue weighted by atomic mass is 35.5. The first-order valence-corrected chi connectivity index (χ1v) is 5.31. The molecule has 0 saturated carbocycles. The minimum Gasteiger partial charge on any atom is -0.266 e. The Morgan fingerprint density at radius 2 is 2.12 bits per heavy atom. The molecule has 0 saturated heterocycles. The smallest absolute Gasteiger partial charge is 0.266 e. The van der Waals surface area contributed by atoms with Crippen molar-refractivity contribution in [1.82, 2.24) is 19.2 Å². The molecule has 6 heteroatoms. The Bertz CT molecular complexity index is 732. The van der Waals surface area contributed by atoms with E-state index in [0.29, 0.717) is 16.4 Å². The van der Waals surface area contributed by atoms with Crippen LogP contribution in [0.5, 0.6) is 0 Å². The standard InChI is InChI=1S/C11H7ClN4O/c12-8-4-6-16-10(8)11(17)15(7-14-16)9-3-1-2-5-13-9/h1-7H. The minimum absolute atomic E-state index is 0.242. The summed E-state index contributed by atoms with van der Waals surface area (Å²) in [7, 11) is 0. The molecule has 3 rings (SSSR count). The van der Waals surface area contributed by atoms with E-state index < -0.39 is 0 Å². The van der Waals surface area contributed by atoms with Gasteiger partial charge in [0.05, 0.1) is 5.02 Å². The van der Waals surface area contributed by atoms with E-state index in [1.54, 1.807) is 36.7 Å². The van der Waals surface area contributed by atoms with E-state index in [1.165, 1.54) is 15.4 Å². The van der Waals surface area contributed by atoms with Gasteiger partial charge in [-0.05, 0) is 18.2 Å². The monoisotopic (exact) mass is 246 g/mol. The lowest BCUT2D eigenvalue weighted by atomic mass is 10.4. The summed E-state index contributed by atoms with van der Waals surface area (Å²) < 4.78 is 2.81. The number of hydrogen-bond acceptors (Lipinski definition) is 3. The van der Waals surface area contributed by atoms with Crippen LogP contribution < -0.4 is 5.56 Å². The van der Waals surface area contributed by atoms with Crippen LogP contribution in [0, 0.1) is 0 Å². The highest BCUT2D eigenvalue weighted by Crippen LogP contribution is 2.13. The van der Waals surface area contributed by atoms with Gasteiger partial charge in [-0.2, -0.15) is 5.10 Å². The van der Waals surface area contributed by atoms with E-state index in [2.05, 4.69) is 10.1 Å². The number of nitrogens with zero attached hydrogens (tertiary/aromatic N) is 4. The summed E-state index contributed by atoms with van der Waals surface area (Å²) in [6.45, 7) is 0. The molecule has 0 aliphatic carbocycles. The van der Waals surface area contributed by atoms with Gasteiger partial charge in [-0.25, -0.2) is 14.1 Å². The summed E-state index contributed by atoms with van der Waals surface area (Å²) in [5.41, 5.74) is 0.105. The maximum absolute atomic E-state index is 12.2. The van der Waals surface area contributed by atoms with Crippen molar-refractivity contribution in [2.24, 2.45) is 0 Å². The van der Waals surface area contributed by atoms with Crippen LogP contribution in [0.4, 0.5) is 0 Å². The summed E-state index contributed by atoms with van der Waals surface area (Å²) in [5, 5.41) is 4.48. The molecule has 3 aromatic heterocycles. The van der Waals surface area contributed by atoms with Crippen molar-refractivity contribution in [3.63, 3.8) is 0 Å². The Kier molecular flexibility index (Phi) is 2.19. The predicted molar refractivity (Wildman–Crippen MR) is 63.6 cm³/mol. The van der Waals surface area contributed by atoms with E-state index in [4.69, 9.17) is 11.6 Å². The molecule has 17 heavy (non-hydrogen) atoms. The van der Waals surface area contributed by atoms with Gasteiger partial charge in [0.15, 0.2) is 0 Å². The summed E-state index contributed by atoms with van der Waals surface area (Å²) >= 11 is 5.94. The lowest BCUT2D eigenvalue weighted by Gasteiger charge is -2.03. The van der Waals surface area contributed by atoms with Crippen molar-refractivity contribution in [2.45, 2.75) is 0 Å². The maximum Gasteiger partial charge on any atom is 0.285 e. The molecule has 0 spiro atoms. The van der Waals surface area contributed by atoms with Crippen LogP contribution in [-0.2, 0) is 0 Å². The van der Waals surface area contributed by atoms with Crippen molar-refractivity contribution < 1.29 is 0 Å². The third-order valence-electron chi connectivity index (χ3n) is 2.43. The molecule has 0 aliphatic rings. The van der Waals surface area contributed by atoms with E-state index in [1.807, 2.05) is 0 Å². The second-order valence-corrected chi connectivity index (χ2v) is 3.86. The van der Waals surface area contributed by atoms with Gasteiger partial charge < -0.3 is 0 Å². The maximum atomic E-state index is 12.2. The molecule has 3 heterocycles. The van der Waals surface area contributed by atoms with Crippen LogP contribution in [-0.4, -0.2) is 19.2 Å². The number of aromatic nitrogens is 4. The Morgan fingerprint density at radius 3 is 2.88 bits per heavy atom. The SMILES string of the molecule is O=c1c2c(Cl)ccn2ncn1-c1ccccn1. The molecule has 0 fully saturated rings. The average molecular weight is 247 g/mol. The second kappa shape index (κ2) is 3.71. The topological polar surface area (TPSA) is 52.2 Å². The van der Waals surface area contributed by atoms with Crippen molar-refractivity contribution in [1.29, 1.82) is 0 Å². The third kappa shape index (κ3) is 1.52. The van der Waals surface area contributed by atoms with Crippen LogP contribution >= 0.6 is 11.6 Å². The highest BCUT2D eigenvalue weighted by molar-refractivity contribution is 6.33. The molecule has 0 unspecified atom stereocenters. The van der Waals surface area contributed by atoms with Crippen molar-refractivity contribution in [3.8, 4) is 5.82 Å². The molecule has 0 aliphatic heterocycles. The molecule has 0 N–H and O–H groups in total. The molecule has 0 atom stereocenters. The molecular weight excluding hydrogens is 240 g/mol. The fourth-order valence-electron chi connectivity index (χ4n) is 1.63. The van der Waals surface area contributed by atoms with Crippen LogP contribution in [0.2, 0.25) is 5.02 Å². The third-order valence-corrected chi connectivity index (χ3v) is 2.73.